The van der Waals surface area contributed by atoms with Gasteiger partial charge in [-0.05, 0) is 59.5 Å². The van der Waals surface area contributed by atoms with Crippen molar-refractivity contribution in [2.24, 2.45) is 0 Å². The number of hydrogen-bond acceptors (Lipinski definition) is 4. The molecule has 0 saturated heterocycles. The summed E-state index contributed by atoms with van der Waals surface area (Å²) in [7, 11) is 1.39. The number of alkyl halides is 3. The van der Waals surface area contributed by atoms with E-state index < -0.39 is 29.6 Å². The molecule has 0 aromatic heterocycles. The zero-order valence-corrected chi connectivity index (χ0v) is 20.1. The van der Waals surface area contributed by atoms with Crippen LogP contribution in [0.25, 0.3) is 11.1 Å². The lowest BCUT2D eigenvalue weighted by atomic mass is 9.92. The normalized spacial score (nSPS) is 11.2. The van der Waals surface area contributed by atoms with Gasteiger partial charge in [-0.1, -0.05) is 30.3 Å². The van der Waals surface area contributed by atoms with Crippen LogP contribution in [0.15, 0.2) is 60.7 Å². The molecule has 1 N–H and O–H groups in total. The summed E-state index contributed by atoms with van der Waals surface area (Å²) in [5.41, 5.74) is 1.25. The van der Waals surface area contributed by atoms with Gasteiger partial charge in [-0.2, -0.15) is 13.2 Å². The van der Waals surface area contributed by atoms with Crippen LogP contribution in [0.2, 0.25) is 0 Å². The summed E-state index contributed by atoms with van der Waals surface area (Å²) < 4.78 is 63.3. The van der Waals surface area contributed by atoms with Gasteiger partial charge >= 0.3 is 18.2 Å². The quantitative estimate of drug-likeness (QED) is 0.336. The molecule has 1 amide bonds. The van der Waals surface area contributed by atoms with Crippen LogP contribution in [0, 0.1) is 5.82 Å². The van der Waals surface area contributed by atoms with E-state index in [1.54, 1.807) is 13.0 Å². The third-order valence-electron chi connectivity index (χ3n) is 5.70. The van der Waals surface area contributed by atoms with Crippen molar-refractivity contribution >= 4 is 12.1 Å². The fourth-order valence-electron chi connectivity index (χ4n) is 3.80. The number of halogens is 4. The van der Waals surface area contributed by atoms with Crippen molar-refractivity contribution in [3.63, 3.8) is 0 Å². The van der Waals surface area contributed by atoms with E-state index in [1.807, 2.05) is 0 Å². The van der Waals surface area contributed by atoms with Crippen molar-refractivity contribution in [3.05, 3.63) is 88.7 Å². The number of nitrogens with zero attached hydrogens (tertiary/aromatic N) is 1. The Hall–Kier alpha value is -4.08. The zero-order chi connectivity index (χ0) is 27.2. The second-order valence-corrected chi connectivity index (χ2v) is 8.12. The average molecular weight is 519 g/mol. The zero-order valence-electron chi connectivity index (χ0n) is 20.1. The number of carboxylic acids is 1. The minimum absolute atomic E-state index is 0.0884. The van der Waals surface area contributed by atoms with Gasteiger partial charge in [0.05, 0.1) is 25.6 Å². The van der Waals surface area contributed by atoms with E-state index in [1.165, 1.54) is 54.5 Å². The second-order valence-electron chi connectivity index (χ2n) is 8.12. The highest BCUT2D eigenvalue weighted by Gasteiger charge is 2.30. The fourth-order valence-corrected chi connectivity index (χ4v) is 3.80. The molecule has 0 radical (unpaired) electrons. The van der Waals surface area contributed by atoms with Crippen molar-refractivity contribution in [2.45, 2.75) is 32.7 Å². The van der Waals surface area contributed by atoms with Gasteiger partial charge in [-0.3, -0.25) is 4.79 Å². The topological polar surface area (TPSA) is 76.1 Å². The Labute approximate surface area is 211 Å². The largest absolute Gasteiger partial charge is 0.496 e. The van der Waals surface area contributed by atoms with E-state index in [0.717, 1.165) is 12.1 Å². The summed E-state index contributed by atoms with van der Waals surface area (Å²) >= 11 is 0. The van der Waals surface area contributed by atoms with Crippen LogP contribution in [0.5, 0.6) is 5.75 Å². The predicted octanol–water partition coefficient (Wildman–Crippen LogP) is 6.31. The highest BCUT2D eigenvalue weighted by molar-refractivity contribution is 5.79. The molecule has 0 unspecified atom stereocenters. The van der Waals surface area contributed by atoms with Crippen molar-refractivity contribution in [1.82, 2.24) is 4.90 Å². The SMILES string of the molecule is CCN(Cc1c(CC(=O)O)ccc(OC)c1-c1ccc(C(F)(F)F)cc1)C(=O)OCc1ccc(F)cc1. The van der Waals surface area contributed by atoms with Crippen LogP contribution in [0.1, 0.15) is 29.2 Å². The molecule has 0 fully saturated rings. The van der Waals surface area contributed by atoms with E-state index in [-0.39, 0.29) is 26.1 Å². The standard InChI is InChI=1S/C27H25F4NO5/c1-3-32(26(35)37-16-17-4-11-21(28)12-5-17)15-22-19(14-24(33)34)8-13-23(36-2)25(22)18-6-9-20(10-7-18)27(29,30)31/h4-13H,3,14-16H2,1-2H3,(H,33,34). The Bertz CT molecular complexity index is 1240. The van der Waals surface area contributed by atoms with Crippen molar-refractivity contribution in [1.29, 1.82) is 0 Å². The fraction of sp³-hybridized carbons (Fsp3) is 0.259. The molecule has 3 rings (SSSR count). The van der Waals surface area contributed by atoms with Crippen LogP contribution < -0.4 is 4.74 Å². The van der Waals surface area contributed by atoms with Gasteiger partial charge in [0.2, 0.25) is 0 Å². The maximum Gasteiger partial charge on any atom is 0.416 e. The molecule has 0 spiro atoms. The first-order valence-electron chi connectivity index (χ1n) is 11.3. The first-order chi connectivity index (χ1) is 17.5. The third-order valence-corrected chi connectivity index (χ3v) is 5.70. The summed E-state index contributed by atoms with van der Waals surface area (Å²) in [4.78, 5) is 25.8. The average Bonchev–Trinajstić information content (AvgIpc) is 2.86. The number of rotatable bonds is 9. The number of carbonyl (C=O) groups excluding carboxylic acids is 1. The molecule has 0 aliphatic rings. The highest BCUT2D eigenvalue weighted by atomic mass is 19.4. The van der Waals surface area contributed by atoms with Crippen LogP contribution in [0.3, 0.4) is 0 Å². The summed E-state index contributed by atoms with van der Waals surface area (Å²) in [5.74, 6) is -1.24. The van der Waals surface area contributed by atoms with Crippen molar-refractivity contribution in [3.8, 4) is 16.9 Å². The monoisotopic (exact) mass is 519 g/mol. The van der Waals surface area contributed by atoms with Crippen LogP contribution in [0.4, 0.5) is 22.4 Å². The smallest absolute Gasteiger partial charge is 0.416 e. The van der Waals surface area contributed by atoms with Crippen LogP contribution in [-0.4, -0.2) is 35.7 Å². The Morgan fingerprint density at radius 3 is 2.16 bits per heavy atom. The summed E-state index contributed by atoms with van der Waals surface area (Å²) in [6.07, 6.45) is -5.60. The summed E-state index contributed by atoms with van der Waals surface area (Å²) in [6, 6.07) is 12.9. The number of carbonyl (C=O) groups is 2. The molecular formula is C27H25F4NO5. The van der Waals surface area contributed by atoms with Gasteiger partial charge in [0.25, 0.3) is 0 Å². The number of carboxylic acid groups (broad SMARTS) is 1. The van der Waals surface area contributed by atoms with Crippen LogP contribution >= 0.6 is 0 Å². The number of ether oxygens (including phenoxy) is 2. The number of benzene rings is 3. The predicted molar refractivity (Wildman–Crippen MR) is 127 cm³/mol. The number of hydrogen-bond donors (Lipinski definition) is 1. The van der Waals surface area contributed by atoms with E-state index in [0.29, 0.717) is 33.6 Å². The molecule has 0 atom stereocenters. The lowest BCUT2D eigenvalue weighted by Gasteiger charge is -2.25. The van der Waals surface area contributed by atoms with Gasteiger partial charge in [0.15, 0.2) is 0 Å². The van der Waals surface area contributed by atoms with E-state index in [4.69, 9.17) is 9.47 Å². The molecule has 0 aliphatic heterocycles. The van der Waals surface area contributed by atoms with Gasteiger partial charge < -0.3 is 19.5 Å². The van der Waals surface area contributed by atoms with Gasteiger partial charge in [-0.15, -0.1) is 0 Å². The van der Waals surface area contributed by atoms with Crippen LogP contribution in [-0.2, 0) is 35.3 Å². The Balaban J connectivity index is 1.99. The third kappa shape index (κ3) is 6.99. The lowest BCUT2D eigenvalue weighted by Crippen LogP contribution is -2.31. The lowest BCUT2D eigenvalue weighted by molar-refractivity contribution is -0.138. The molecule has 10 heteroatoms. The summed E-state index contributed by atoms with van der Waals surface area (Å²) in [5, 5.41) is 9.45. The van der Waals surface area contributed by atoms with E-state index in [2.05, 4.69) is 0 Å². The molecule has 0 heterocycles. The van der Waals surface area contributed by atoms with Crippen molar-refractivity contribution < 1.29 is 41.7 Å². The van der Waals surface area contributed by atoms with Gasteiger partial charge in [-0.25, -0.2) is 9.18 Å². The molecule has 0 saturated carbocycles. The Kier molecular flexibility index (Phi) is 8.75. The highest BCUT2D eigenvalue weighted by Crippen LogP contribution is 2.38. The van der Waals surface area contributed by atoms with Crippen molar-refractivity contribution in [2.75, 3.05) is 13.7 Å². The molecule has 0 aliphatic carbocycles. The minimum atomic E-state index is -4.52. The molecule has 196 valence electrons. The molecule has 3 aromatic carbocycles. The number of aliphatic carboxylic acids is 1. The molecule has 3 aromatic rings. The maximum atomic E-state index is 13.1. The molecule has 37 heavy (non-hydrogen) atoms. The number of amides is 1. The molecule has 6 nitrogen and oxygen atoms in total. The van der Waals surface area contributed by atoms with E-state index in [9.17, 15) is 32.3 Å². The van der Waals surface area contributed by atoms with E-state index >= 15 is 0 Å². The van der Waals surface area contributed by atoms with Gasteiger partial charge in [0.1, 0.15) is 18.2 Å². The second kappa shape index (κ2) is 11.8. The minimum Gasteiger partial charge on any atom is -0.496 e. The number of methoxy groups -OCH3 is 1. The van der Waals surface area contributed by atoms with Gasteiger partial charge in [0, 0.05) is 12.1 Å². The Morgan fingerprint density at radius 1 is 0.973 bits per heavy atom. The molecular weight excluding hydrogens is 494 g/mol. The first-order valence-corrected chi connectivity index (χ1v) is 11.3. The Morgan fingerprint density at radius 2 is 1.62 bits per heavy atom. The maximum absolute atomic E-state index is 13.1. The molecule has 0 bridgehead atoms. The summed E-state index contributed by atoms with van der Waals surface area (Å²) in [6.45, 7) is 1.70. The first kappa shape index (κ1) is 27.5.